The summed E-state index contributed by atoms with van der Waals surface area (Å²) in [4.78, 5) is 62.1. The Morgan fingerprint density at radius 1 is 1.26 bits per heavy atom. The fraction of sp³-hybridized carbons (Fsp3) is 0.474. The predicted octanol–water partition coefficient (Wildman–Crippen LogP) is 2.33. The van der Waals surface area contributed by atoms with Gasteiger partial charge in [-0.15, -0.1) is 0 Å². The summed E-state index contributed by atoms with van der Waals surface area (Å²) in [5, 5.41) is 13.5. The number of ether oxygens (including phenoxy) is 1. The highest BCUT2D eigenvalue weighted by molar-refractivity contribution is 6.31. The summed E-state index contributed by atoms with van der Waals surface area (Å²) < 4.78 is 4.86. The van der Waals surface area contributed by atoms with Crippen molar-refractivity contribution in [2.45, 2.75) is 37.6 Å². The SMILES string of the molecule is CN1C(=O)N(CC(=O)OCC(=O)Nc2ccc(Cl)cc2[N+](=O)[O-])C(=O)C12CCCCC2. The lowest BCUT2D eigenvalue weighted by molar-refractivity contribution is -0.383. The molecule has 31 heavy (non-hydrogen) atoms. The number of anilines is 1. The minimum absolute atomic E-state index is 0.110. The van der Waals surface area contributed by atoms with Crippen molar-refractivity contribution in [3.05, 3.63) is 33.3 Å². The lowest BCUT2D eigenvalue weighted by Crippen LogP contribution is -2.49. The van der Waals surface area contributed by atoms with Crippen LogP contribution in [-0.4, -0.2) is 64.3 Å². The van der Waals surface area contributed by atoms with Crippen LogP contribution >= 0.6 is 11.6 Å². The highest BCUT2D eigenvalue weighted by Gasteiger charge is 2.55. The van der Waals surface area contributed by atoms with E-state index in [0.717, 1.165) is 30.2 Å². The molecule has 1 aromatic carbocycles. The Bertz CT molecular complexity index is 945. The molecule has 4 amide bonds. The molecule has 1 heterocycles. The molecule has 1 aliphatic heterocycles. The fourth-order valence-corrected chi connectivity index (χ4v) is 4.11. The summed E-state index contributed by atoms with van der Waals surface area (Å²) >= 11 is 5.72. The second-order valence-corrected chi connectivity index (χ2v) is 7.89. The van der Waals surface area contributed by atoms with Crippen LogP contribution in [0.1, 0.15) is 32.1 Å². The summed E-state index contributed by atoms with van der Waals surface area (Å²) in [6.07, 6.45) is 3.71. The first-order chi connectivity index (χ1) is 14.7. The number of amides is 4. The van der Waals surface area contributed by atoms with Gasteiger partial charge in [-0.2, -0.15) is 0 Å². The molecule has 1 saturated heterocycles. The number of nitrogens with one attached hydrogen (secondary N) is 1. The molecular formula is C19H21ClN4O7. The Balaban J connectivity index is 1.57. The number of carbonyl (C=O) groups is 4. The standard InChI is InChI=1S/C19H21ClN4O7/c1-22-18(28)23(17(27)19(22)7-3-2-4-8-19)10-16(26)31-11-15(25)21-13-6-5-12(20)9-14(13)24(29)30/h5-6,9H,2-4,7-8,10-11H2,1H3,(H,21,25). The largest absolute Gasteiger partial charge is 0.454 e. The van der Waals surface area contributed by atoms with E-state index < -0.39 is 53.1 Å². The third-order valence-electron chi connectivity index (χ3n) is 5.57. The Labute approximate surface area is 182 Å². The monoisotopic (exact) mass is 452 g/mol. The van der Waals surface area contributed by atoms with Gasteiger partial charge in [-0.25, -0.2) is 4.79 Å². The van der Waals surface area contributed by atoms with Crippen molar-refractivity contribution in [2.24, 2.45) is 0 Å². The number of nitro benzene ring substituents is 1. The second kappa shape index (κ2) is 8.88. The molecule has 0 aromatic heterocycles. The molecule has 166 valence electrons. The number of likely N-dealkylation sites (N-methyl/N-ethyl adjacent to an activating group) is 1. The van der Waals surface area contributed by atoms with Crippen molar-refractivity contribution >= 4 is 46.8 Å². The maximum Gasteiger partial charge on any atom is 0.327 e. The zero-order valence-electron chi connectivity index (χ0n) is 16.8. The van der Waals surface area contributed by atoms with Crippen LogP contribution in [0.3, 0.4) is 0 Å². The number of carbonyl (C=O) groups excluding carboxylic acids is 4. The summed E-state index contributed by atoms with van der Waals surface area (Å²) in [5.41, 5.74) is -1.44. The molecule has 2 aliphatic rings. The third kappa shape index (κ3) is 4.46. The van der Waals surface area contributed by atoms with Crippen molar-refractivity contribution in [2.75, 3.05) is 25.5 Å². The Morgan fingerprint density at radius 2 is 1.94 bits per heavy atom. The quantitative estimate of drug-likeness (QED) is 0.302. The lowest BCUT2D eigenvalue weighted by Gasteiger charge is -2.35. The molecule has 0 radical (unpaired) electrons. The van der Waals surface area contributed by atoms with Crippen molar-refractivity contribution in [3.8, 4) is 0 Å². The molecule has 0 unspecified atom stereocenters. The molecule has 12 heteroatoms. The van der Waals surface area contributed by atoms with Crippen LogP contribution in [0.15, 0.2) is 18.2 Å². The van der Waals surface area contributed by atoms with Gasteiger partial charge in [0.05, 0.1) is 4.92 Å². The van der Waals surface area contributed by atoms with Gasteiger partial charge in [0.25, 0.3) is 17.5 Å². The topological polar surface area (TPSA) is 139 Å². The maximum absolute atomic E-state index is 12.8. The van der Waals surface area contributed by atoms with E-state index in [1.165, 1.54) is 17.0 Å². The third-order valence-corrected chi connectivity index (χ3v) is 5.80. The molecule has 0 atom stereocenters. The number of esters is 1. The maximum atomic E-state index is 12.8. The van der Waals surface area contributed by atoms with E-state index in [0.29, 0.717) is 12.8 Å². The van der Waals surface area contributed by atoms with Crippen LogP contribution in [0.5, 0.6) is 0 Å². The van der Waals surface area contributed by atoms with Gasteiger partial charge in [0.2, 0.25) is 0 Å². The Kier molecular flexibility index (Phi) is 6.44. The number of nitrogens with zero attached hydrogens (tertiary/aromatic N) is 3. The van der Waals surface area contributed by atoms with E-state index in [4.69, 9.17) is 16.3 Å². The number of hydrogen-bond donors (Lipinski definition) is 1. The van der Waals surface area contributed by atoms with Crippen LogP contribution in [0.2, 0.25) is 5.02 Å². The zero-order valence-corrected chi connectivity index (χ0v) is 17.5. The first-order valence-electron chi connectivity index (χ1n) is 9.65. The molecule has 1 N–H and O–H groups in total. The van der Waals surface area contributed by atoms with Crippen LogP contribution in [-0.2, 0) is 19.1 Å². The van der Waals surface area contributed by atoms with Gasteiger partial charge in [0.15, 0.2) is 6.61 Å². The highest BCUT2D eigenvalue weighted by atomic mass is 35.5. The van der Waals surface area contributed by atoms with Gasteiger partial charge in [-0.3, -0.25) is 29.4 Å². The van der Waals surface area contributed by atoms with E-state index in [9.17, 15) is 29.3 Å². The summed E-state index contributed by atoms with van der Waals surface area (Å²) in [5.74, 6) is -2.19. The molecule has 0 bridgehead atoms. The normalized spacial score (nSPS) is 17.7. The van der Waals surface area contributed by atoms with Crippen molar-refractivity contribution in [1.82, 2.24) is 9.80 Å². The zero-order chi connectivity index (χ0) is 22.8. The Morgan fingerprint density at radius 3 is 2.58 bits per heavy atom. The number of urea groups is 1. The minimum atomic E-state index is -0.941. The van der Waals surface area contributed by atoms with Crippen molar-refractivity contribution in [1.29, 1.82) is 0 Å². The molecule has 1 aliphatic carbocycles. The van der Waals surface area contributed by atoms with Crippen LogP contribution in [0.25, 0.3) is 0 Å². The van der Waals surface area contributed by atoms with Gasteiger partial charge >= 0.3 is 12.0 Å². The van der Waals surface area contributed by atoms with E-state index in [-0.39, 0.29) is 10.7 Å². The molecular weight excluding hydrogens is 432 g/mol. The Hall–Kier alpha value is -3.21. The van der Waals surface area contributed by atoms with Gasteiger partial charge in [-0.05, 0) is 25.0 Å². The van der Waals surface area contributed by atoms with Crippen molar-refractivity contribution in [3.63, 3.8) is 0 Å². The first-order valence-corrected chi connectivity index (χ1v) is 10.0. The van der Waals surface area contributed by atoms with E-state index in [1.54, 1.807) is 7.05 Å². The van der Waals surface area contributed by atoms with Crippen molar-refractivity contribution < 1.29 is 28.8 Å². The number of benzene rings is 1. The number of imide groups is 1. The number of rotatable bonds is 6. The van der Waals surface area contributed by atoms with Crippen LogP contribution in [0.4, 0.5) is 16.2 Å². The van der Waals surface area contributed by atoms with Gasteiger partial charge < -0.3 is 15.0 Å². The first kappa shape index (κ1) is 22.5. The average molecular weight is 453 g/mol. The van der Waals surface area contributed by atoms with E-state index in [1.807, 2.05) is 0 Å². The number of hydrogen-bond acceptors (Lipinski definition) is 7. The minimum Gasteiger partial charge on any atom is -0.454 e. The predicted molar refractivity (Wildman–Crippen MR) is 108 cm³/mol. The molecule has 1 saturated carbocycles. The van der Waals surface area contributed by atoms with E-state index in [2.05, 4.69) is 5.32 Å². The molecule has 11 nitrogen and oxygen atoms in total. The molecule has 3 rings (SSSR count). The summed E-state index contributed by atoms with van der Waals surface area (Å²) in [6.45, 7) is -1.35. The van der Waals surface area contributed by atoms with E-state index >= 15 is 0 Å². The molecule has 2 fully saturated rings. The number of nitro groups is 1. The van der Waals surface area contributed by atoms with Crippen LogP contribution in [0, 0.1) is 10.1 Å². The smallest absolute Gasteiger partial charge is 0.327 e. The van der Waals surface area contributed by atoms with Gasteiger partial charge in [0.1, 0.15) is 17.8 Å². The molecule has 1 spiro atoms. The lowest BCUT2D eigenvalue weighted by atomic mass is 9.81. The molecule has 1 aromatic rings. The van der Waals surface area contributed by atoms with Crippen LogP contribution < -0.4 is 5.32 Å². The summed E-state index contributed by atoms with van der Waals surface area (Å²) in [6, 6.07) is 3.11. The second-order valence-electron chi connectivity index (χ2n) is 7.45. The fourth-order valence-electron chi connectivity index (χ4n) is 3.94. The highest BCUT2D eigenvalue weighted by Crippen LogP contribution is 2.39. The average Bonchev–Trinajstić information content (AvgIpc) is 2.90. The van der Waals surface area contributed by atoms with Gasteiger partial charge in [-0.1, -0.05) is 30.9 Å². The van der Waals surface area contributed by atoms with Gasteiger partial charge in [0, 0.05) is 18.1 Å². The number of halogens is 1. The summed E-state index contributed by atoms with van der Waals surface area (Å²) in [7, 11) is 1.54.